The van der Waals surface area contributed by atoms with Crippen molar-refractivity contribution < 1.29 is 37.0 Å². The number of imide groups is 1. The van der Waals surface area contributed by atoms with Gasteiger partial charge >= 0.3 is 12.3 Å². The maximum absolute atomic E-state index is 13.5. The Bertz CT molecular complexity index is 1580. The van der Waals surface area contributed by atoms with Crippen LogP contribution in [0.25, 0.3) is 11.1 Å². The first-order valence-corrected chi connectivity index (χ1v) is 13.0. The third-order valence-electron chi connectivity index (χ3n) is 5.78. The molecule has 2 N–H and O–H groups in total. The zero-order chi connectivity index (χ0) is 32.1. The van der Waals surface area contributed by atoms with Crippen LogP contribution in [0.2, 0.25) is 5.02 Å². The molecule has 0 bridgehead atoms. The Hall–Kier alpha value is -4.67. The van der Waals surface area contributed by atoms with Crippen LogP contribution in [0.1, 0.15) is 48.8 Å². The molecule has 0 radical (unpaired) electrons. The number of hydrogen-bond donors (Lipinski definition) is 1. The first kappa shape index (κ1) is 32.8. The lowest BCUT2D eigenvalue weighted by Crippen LogP contribution is -2.45. The van der Waals surface area contributed by atoms with Crippen LogP contribution in [0.5, 0.6) is 5.75 Å². The van der Waals surface area contributed by atoms with Crippen molar-refractivity contribution in [2.24, 2.45) is 5.84 Å². The molecule has 1 heterocycles. The second kappa shape index (κ2) is 13.1. The molecular formula is C29H27ClF3N5O5. The summed E-state index contributed by atoms with van der Waals surface area (Å²) in [6, 6.07) is 12.9. The number of pyridine rings is 1. The summed E-state index contributed by atoms with van der Waals surface area (Å²) in [6.45, 7) is 4.70. The highest BCUT2D eigenvalue weighted by atomic mass is 35.5. The molecule has 0 spiro atoms. The van der Waals surface area contributed by atoms with Gasteiger partial charge in [-0.15, -0.1) is 0 Å². The fourth-order valence-corrected chi connectivity index (χ4v) is 3.94. The number of nitrogens with two attached hydrogens (primary N) is 1. The van der Waals surface area contributed by atoms with Crippen molar-refractivity contribution >= 4 is 35.2 Å². The quantitative estimate of drug-likeness (QED) is 0.194. The van der Waals surface area contributed by atoms with E-state index in [9.17, 15) is 32.8 Å². The summed E-state index contributed by atoms with van der Waals surface area (Å²) in [5.74, 6) is 4.50. The van der Waals surface area contributed by atoms with E-state index in [1.807, 2.05) is 0 Å². The predicted molar refractivity (Wildman–Crippen MR) is 151 cm³/mol. The van der Waals surface area contributed by atoms with E-state index in [4.69, 9.17) is 26.9 Å². The van der Waals surface area contributed by atoms with Gasteiger partial charge in [0.15, 0.2) is 0 Å². The number of aromatic nitrogens is 1. The van der Waals surface area contributed by atoms with Gasteiger partial charge in [-0.05, 0) is 57.2 Å². The van der Waals surface area contributed by atoms with E-state index in [0.717, 1.165) is 6.20 Å². The number of nitriles is 1. The number of benzene rings is 2. The zero-order valence-electron chi connectivity index (χ0n) is 23.5. The molecule has 3 rings (SSSR count). The topological polar surface area (TPSA) is 139 Å². The Balaban J connectivity index is 1.80. The Morgan fingerprint density at radius 1 is 1.07 bits per heavy atom. The number of nitrogens with zero attached hydrogens (tertiary/aromatic N) is 4. The molecule has 10 nitrogen and oxygen atoms in total. The normalized spacial score (nSPS) is 11.3. The van der Waals surface area contributed by atoms with Gasteiger partial charge in [-0.25, -0.2) is 10.6 Å². The number of amides is 3. The molecular weight excluding hydrogens is 591 g/mol. The summed E-state index contributed by atoms with van der Waals surface area (Å²) in [5.41, 5.74) is -1.83. The monoisotopic (exact) mass is 617 g/mol. The largest absolute Gasteiger partial charge is 0.491 e. The van der Waals surface area contributed by atoms with Gasteiger partial charge in [-0.3, -0.25) is 14.6 Å². The molecule has 43 heavy (non-hydrogen) atoms. The lowest BCUT2D eigenvalue weighted by Gasteiger charge is -2.23. The van der Waals surface area contributed by atoms with Crippen molar-refractivity contribution in [2.45, 2.75) is 39.0 Å². The van der Waals surface area contributed by atoms with Gasteiger partial charge in [0.1, 0.15) is 17.0 Å². The summed E-state index contributed by atoms with van der Waals surface area (Å²) in [7, 11) is 1.47. The Kier molecular flexibility index (Phi) is 10.0. The summed E-state index contributed by atoms with van der Waals surface area (Å²) >= 11 is 6.30. The summed E-state index contributed by atoms with van der Waals surface area (Å²) in [5, 5.41) is 9.93. The van der Waals surface area contributed by atoms with Crippen molar-refractivity contribution in [1.29, 1.82) is 5.26 Å². The number of hydrogen-bond acceptors (Lipinski definition) is 8. The van der Waals surface area contributed by atoms with Crippen molar-refractivity contribution in [1.82, 2.24) is 9.99 Å². The number of hydrazine groups is 1. The fraction of sp³-hybridized carbons (Fsp3) is 0.276. The average Bonchev–Trinajstić information content (AvgIpc) is 2.94. The Morgan fingerprint density at radius 3 is 2.37 bits per heavy atom. The first-order chi connectivity index (χ1) is 20.0. The minimum atomic E-state index is -4.75. The molecule has 1 aromatic heterocycles. The Morgan fingerprint density at radius 2 is 1.74 bits per heavy atom. The lowest BCUT2D eigenvalue weighted by atomic mass is 9.99. The van der Waals surface area contributed by atoms with Crippen molar-refractivity contribution in [3.8, 4) is 22.9 Å². The molecule has 0 aliphatic rings. The number of alkyl halides is 3. The molecule has 2 aromatic carbocycles. The Labute approximate surface area is 250 Å². The second-order valence-electron chi connectivity index (χ2n) is 10.1. The van der Waals surface area contributed by atoms with Gasteiger partial charge in [0.2, 0.25) is 5.91 Å². The van der Waals surface area contributed by atoms with Crippen LogP contribution in [-0.4, -0.2) is 47.2 Å². The summed E-state index contributed by atoms with van der Waals surface area (Å²) in [4.78, 5) is 42.5. The molecule has 0 unspecified atom stereocenters. The number of anilines is 1. The first-order valence-electron chi connectivity index (χ1n) is 12.6. The van der Waals surface area contributed by atoms with E-state index in [0.29, 0.717) is 16.8 Å². The molecule has 0 saturated heterocycles. The molecule has 3 amide bonds. The number of carbonyl (C=O) groups excluding carboxylic acids is 3. The van der Waals surface area contributed by atoms with Crippen molar-refractivity contribution in [2.75, 3.05) is 18.6 Å². The number of rotatable bonds is 7. The van der Waals surface area contributed by atoms with E-state index >= 15 is 0 Å². The van der Waals surface area contributed by atoms with Crippen LogP contribution in [0.15, 0.2) is 54.7 Å². The highest BCUT2D eigenvalue weighted by Crippen LogP contribution is 2.35. The van der Waals surface area contributed by atoms with E-state index in [1.54, 1.807) is 51.1 Å². The SMILES string of the molecule is CN(C(=O)c1ccc(Cl)c(-c2cnc(C(F)(F)F)cc2C#N)c1)c1ccccc1OCCC(=O)N(N)C(=O)OC(C)(C)C. The molecule has 14 heteroatoms. The van der Waals surface area contributed by atoms with Gasteiger partial charge in [0.25, 0.3) is 5.91 Å². The van der Waals surface area contributed by atoms with Crippen LogP contribution in [0.4, 0.5) is 23.7 Å². The van der Waals surface area contributed by atoms with E-state index in [2.05, 4.69) is 4.98 Å². The average molecular weight is 618 g/mol. The van der Waals surface area contributed by atoms with Crippen LogP contribution in [-0.2, 0) is 15.7 Å². The molecule has 0 aliphatic heterocycles. The zero-order valence-corrected chi connectivity index (χ0v) is 24.3. The van der Waals surface area contributed by atoms with E-state index in [-0.39, 0.29) is 46.1 Å². The minimum Gasteiger partial charge on any atom is -0.491 e. The molecule has 0 saturated carbocycles. The van der Waals surface area contributed by atoms with Gasteiger partial charge in [-0.1, -0.05) is 23.7 Å². The molecule has 226 valence electrons. The lowest BCUT2D eigenvalue weighted by molar-refractivity contribution is -0.141. The maximum Gasteiger partial charge on any atom is 0.433 e. The van der Waals surface area contributed by atoms with Crippen molar-refractivity contribution in [3.05, 3.63) is 76.6 Å². The standard InChI is InChI=1S/C29H27ClF3N5O5/c1-28(2,3)43-27(41)38(35)25(39)11-12-42-23-8-6-5-7-22(23)37(4)26(40)17-9-10-21(30)19(13-17)20-16-36-24(29(31,32)33)14-18(20)15-34/h5-10,13-14,16H,11-12,35H2,1-4H3. The van der Waals surface area contributed by atoms with E-state index < -0.39 is 35.4 Å². The molecule has 0 aliphatic carbocycles. The predicted octanol–water partition coefficient (Wildman–Crippen LogP) is 5.98. The number of para-hydroxylation sites is 2. The van der Waals surface area contributed by atoms with Crippen molar-refractivity contribution in [3.63, 3.8) is 0 Å². The summed E-state index contributed by atoms with van der Waals surface area (Å²) < 4.78 is 50.1. The van der Waals surface area contributed by atoms with E-state index in [1.165, 1.54) is 30.1 Å². The molecule has 3 aromatic rings. The number of halogens is 4. The van der Waals surface area contributed by atoms with Gasteiger partial charge < -0.3 is 14.4 Å². The minimum absolute atomic E-state index is 0.0199. The highest BCUT2D eigenvalue weighted by Gasteiger charge is 2.33. The highest BCUT2D eigenvalue weighted by molar-refractivity contribution is 6.33. The third kappa shape index (κ3) is 8.21. The van der Waals surface area contributed by atoms with Gasteiger partial charge in [0.05, 0.1) is 30.3 Å². The van der Waals surface area contributed by atoms with Crippen LogP contribution < -0.4 is 15.5 Å². The second-order valence-corrected chi connectivity index (χ2v) is 10.5. The molecule has 0 atom stereocenters. The molecule has 0 fully saturated rings. The number of carbonyl (C=O) groups is 3. The van der Waals surface area contributed by atoms with Gasteiger partial charge in [0, 0.05) is 35.0 Å². The fourth-order valence-electron chi connectivity index (χ4n) is 3.72. The number of ether oxygens (including phenoxy) is 2. The maximum atomic E-state index is 13.5. The van der Waals surface area contributed by atoms with Crippen LogP contribution >= 0.6 is 11.6 Å². The third-order valence-corrected chi connectivity index (χ3v) is 6.11. The van der Waals surface area contributed by atoms with Crippen LogP contribution in [0.3, 0.4) is 0 Å². The van der Waals surface area contributed by atoms with Crippen LogP contribution in [0, 0.1) is 11.3 Å². The summed E-state index contributed by atoms with van der Waals surface area (Å²) in [6.07, 6.45) is -5.15. The van der Waals surface area contributed by atoms with Gasteiger partial charge in [-0.2, -0.15) is 23.4 Å². The smallest absolute Gasteiger partial charge is 0.433 e.